The summed E-state index contributed by atoms with van der Waals surface area (Å²) in [6.45, 7) is 2.35. The molecule has 2 N–H and O–H groups in total. The average molecular weight is 268 g/mol. The van der Waals surface area contributed by atoms with E-state index in [9.17, 15) is 0 Å². The van der Waals surface area contributed by atoms with Crippen LogP contribution in [0, 0.1) is 5.92 Å². The van der Waals surface area contributed by atoms with Crippen molar-refractivity contribution in [1.29, 1.82) is 0 Å². The van der Waals surface area contributed by atoms with Crippen LogP contribution in [0.5, 0.6) is 5.75 Å². The van der Waals surface area contributed by atoms with Crippen LogP contribution in [0.1, 0.15) is 30.0 Å². The summed E-state index contributed by atoms with van der Waals surface area (Å²) in [5, 5.41) is 0.761. The first-order valence-electron chi connectivity index (χ1n) is 6.54. The fraction of sp³-hybridized carbons (Fsp3) is 0.571. The summed E-state index contributed by atoms with van der Waals surface area (Å²) >= 11 is 6.18. The van der Waals surface area contributed by atoms with Crippen LogP contribution in [-0.4, -0.2) is 19.8 Å². The molecule has 0 saturated carbocycles. The molecule has 1 unspecified atom stereocenters. The Bertz CT molecular complexity index is 444. The molecule has 0 spiro atoms. The Kier molecular flexibility index (Phi) is 3.46. The van der Waals surface area contributed by atoms with Crippen molar-refractivity contribution >= 4 is 11.6 Å². The molecule has 0 aromatic heterocycles. The topological polar surface area (TPSA) is 44.5 Å². The summed E-state index contributed by atoms with van der Waals surface area (Å²) in [7, 11) is 0. The molecule has 0 amide bonds. The fourth-order valence-electron chi connectivity index (χ4n) is 2.87. The minimum atomic E-state index is -0.000509. The number of hydrogen-bond donors (Lipinski definition) is 1. The van der Waals surface area contributed by atoms with E-state index >= 15 is 0 Å². The van der Waals surface area contributed by atoms with E-state index in [0.29, 0.717) is 5.92 Å². The van der Waals surface area contributed by atoms with Crippen molar-refractivity contribution in [3.63, 3.8) is 0 Å². The second-order valence-electron chi connectivity index (χ2n) is 5.06. The molecular formula is C14H18ClNO2. The monoisotopic (exact) mass is 267 g/mol. The third-order valence-electron chi connectivity index (χ3n) is 3.91. The van der Waals surface area contributed by atoms with Gasteiger partial charge < -0.3 is 15.2 Å². The Labute approximate surface area is 112 Å². The van der Waals surface area contributed by atoms with Crippen LogP contribution in [0.3, 0.4) is 0 Å². The summed E-state index contributed by atoms with van der Waals surface area (Å²) in [5.41, 5.74) is 8.68. The molecule has 0 radical (unpaired) electrons. The number of rotatable bonds is 2. The first-order valence-corrected chi connectivity index (χ1v) is 6.92. The Hall–Kier alpha value is -0.770. The van der Waals surface area contributed by atoms with Crippen molar-refractivity contribution in [3.05, 3.63) is 28.3 Å². The average Bonchev–Trinajstić information content (AvgIpc) is 2.86. The molecule has 2 aliphatic rings. The van der Waals surface area contributed by atoms with Crippen LogP contribution in [0.25, 0.3) is 0 Å². The maximum absolute atomic E-state index is 6.42. The predicted octanol–water partition coefficient (Wildman–Crippen LogP) is 2.70. The summed E-state index contributed by atoms with van der Waals surface area (Å²) < 4.78 is 11.1. The molecule has 0 aliphatic carbocycles. The number of ether oxygens (including phenoxy) is 2. The molecule has 0 bridgehead atoms. The number of halogens is 1. The summed E-state index contributed by atoms with van der Waals surface area (Å²) in [5.74, 6) is 1.43. The SMILES string of the molecule is NC(c1cc(Cl)cc2c1OCC2)C1CCOCC1. The molecule has 2 heterocycles. The van der Waals surface area contributed by atoms with Gasteiger partial charge in [0.15, 0.2) is 0 Å². The third kappa shape index (κ3) is 2.22. The van der Waals surface area contributed by atoms with Crippen molar-refractivity contribution in [2.45, 2.75) is 25.3 Å². The maximum Gasteiger partial charge on any atom is 0.127 e. The van der Waals surface area contributed by atoms with Gasteiger partial charge in [-0.05, 0) is 36.5 Å². The zero-order chi connectivity index (χ0) is 12.5. The maximum atomic E-state index is 6.42. The first kappa shape index (κ1) is 12.3. The lowest BCUT2D eigenvalue weighted by atomic mass is 9.86. The van der Waals surface area contributed by atoms with Gasteiger partial charge in [-0.2, -0.15) is 0 Å². The fourth-order valence-corrected chi connectivity index (χ4v) is 3.12. The van der Waals surface area contributed by atoms with Gasteiger partial charge in [-0.25, -0.2) is 0 Å². The molecule has 18 heavy (non-hydrogen) atoms. The van der Waals surface area contributed by atoms with Crippen LogP contribution in [0.2, 0.25) is 5.02 Å². The van der Waals surface area contributed by atoms with Crippen molar-refractivity contribution in [2.75, 3.05) is 19.8 Å². The van der Waals surface area contributed by atoms with Gasteiger partial charge in [-0.15, -0.1) is 0 Å². The van der Waals surface area contributed by atoms with E-state index in [2.05, 4.69) is 0 Å². The summed E-state index contributed by atoms with van der Waals surface area (Å²) in [6, 6.07) is 3.95. The van der Waals surface area contributed by atoms with Gasteiger partial charge in [0.2, 0.25) is 0 Å². The van der Waals surface area contributed by atoms with Crippen molar-refractivity contribution in [2.24, 2.45) is 11.7 Å². The highest BCUT2D eigenvalue weighted by molar-refractivity contribution is 6.30. The van der Waals surface area contributed by atoms with Gasteiger partial charge >= 0.3 is 0 Å². The largest absolute Gasteiger partial charge is 0.493 e. The highest BCUT2D eigenvalue weighted by Gasteiger charge is 2.27. The smallest absolute Gasteiger partial charge is 0.127 e. The quantitative estimate of drug-likeness (QED) is 0.896. The molecule has 1 atom stereocenters. The molecule has 1 aromatic rings. The molecule has 4 heteroatoms. The summed E-state index contributed by atoms with van der Waals surface area (Å²) in [4.78, 5) is 0. The Morgan fingerprint density at radius 1 is 1.22 bits per heavy atom. The predicted molar refractivity (Wildman–Crippen MR) is 71.1 cm³/mol. The Balaban J connectivity index is 1.91. The lowest BCUT2D eigenvalue weighted by Crippen LogP contribution is -2.27. The summed E-state index contributed by atoms with van der Waals surface area (Å²) in [6.07, 6.45) is 2.97. The first-order chi connectivity index (χ1) is 8.75. The lowest BCUT2D eigenvalue weighted by molar-refractivity contribution is 0.0581. The third-order valence-corrected chi connectivity index (χ3v) is 4.13. The van der Waals surface area contributed by atoms with Crippen LogP contribution < -0.4 is 10.5 Å². The lowest BCUT2D eigenvalue weighted by Gasteiger charge is -2.28. The van der Waals surface area contributed by atoms with E-state index in [-0.39, 0.29) is 6.04 Å². The van der Waals surface area contributed by atoms with Gasteiger partial charge in [0.1, 0.15) is 5.75 Å². The van der Waals surface area contributed by atoms with Crippen molar-refractivity contribution < 1.29 is 9.47 Å². The normalized spacial score (nSPS) is 21.4. The molecular weight excluding hydrogens is 250 g/mol. The number of nitrogens with two attached hydrogens (primary N) is 1. The number of hydrogen-bond acceptors (Lipinski definition) is 3. The van der Waals surface area contributed by atoms with Crippen molar-refractivity contribution in [3.8, 4) is 5.75 Å². The van der Waals surface area contributed by atoms with E-state index < -0.39 is 0 Å². The van der Waals surface area contributed by atoms with E-state index in [1.807, 2.05) is 12.1 Å². The number of benzene rings is 1. The number of fused-ring (bicyclic) bond motifs is 1. The van der Waals surface area contributed by atoms with E-state index in [1.165, 1.54) is 5.56 Å². The van der Waals surface area contributed by atoms with E-state index in [0.717, 1.165) is 55.4 Å². The minimum absolute atomic E-state index is 0.000509. The molecule has 98 valence electrons. The molecule has 3 rings (SSSR count). The molecule has 1 aromatic carbocycles. The van der Waals surface area contributed by atoms with Crippen LogP contribution >= 0.6 is 11.6 Å². The van der Waals surface area contributed by atoms with Gasteiger partial charge in [0, 0.05) is 36.3 Å². The molecule has 2 aliphatic heterocycles. The zero-order valence-electron chi connectivity index (χ0n) is 10.3. The van der Waals surface area contributed by atoms with E-state index in [1.54, 1.807) is 0 Å². The van der Waals surface area contributed by atoms with Gasteiger partial charge in [0.25, 0.3) is 0 Å². The van der Waals surface area contributed by atoms with Crippen LogP contribution in [0.15, 0.2) is 12.1 Å². The van der Waals surface area contributed by atoms with Crippen molar-refractivity contribution in [1.82, 2.24) is 0 Å². The Morgan fingerprint density at radius 2 is 2.00 bits per heavy atom. The van der Waals surface area contributed by atoms with Gasteiger partial charge in [-0.1, -0.05) is 11.6 Å². The second-order valence-corrected chi connectivity index (χ2v) is 5.49. The Morgan fingerprint density at radius 3 is 2.78 bits per heavy atom. The van der Waals surface area contributed by atoms with Gasteiger partial charge in [0.05, 0.1) is 6.61 Å². The molecule has 3 nitrogen and oxygen atoms in total. The van der Waals surface area contributed by atoms with Gasteiger partial charge in [-0.3, -0.25) is 0 Å². The van der Waals surface area contributed by atoms with Crippen LogP contribution in [-0.2, 0) is 11.2 Å². The highest BCUT2D eigenvalue weighted by Crippen LogP contribution is 2.39. The zero-order valence-corrected chi connectivity index (χ0v) is 11.1. The highest BCUT2D eigenvalue weighted by atomic mass is 35.5. The second kappa shape index (κ2) is 5.08. The van der Waals surface area contributed by atoms with E-state index in [4.69, 9.17) is 26.8 Å². The minimum Gasteiger partial charge on any atom is -0.493 e. The molecule has 1 saturated heterocycles. The molecule has 1 fully saturated rings. The standard InChI is InChI=1S/C14H18ClNO2/c15-11-7-10-3-6-18-14(10)12(8-11)13(16)9-1-4-17-5-2-9/h7-9,13H,1-6,16H2. The van der Waals surface area contributed by atoms with Crippen LogP contribution in [0.4, 0.5) is 0 Å².